The fourth-order valence-corrected chi connectivity index (χ4v) is 3.42. The van der Waals surface area contributed by atoms with Gasteiger partial charge in [0.2, 0.25) is 0 Å². The topological polar surface area (TPSA) is 64.1 Å². The number of H-pyrrole nitrogens is 1. The number of benzene rings is 2. The van der Waals surface area contributed by atoms with Crippen molar-refractivity contribution in [3.05, 3.63) is 66.1 Å². The first-order valence-corrected chi connectivity index (χ1v) is 8.40. The molecule has 0 unspecified atom stereocenters. The lowest BCUT2D eigenvalue weighted by Crippen LogP contribution is -2.29. The molecule has 0 bridgehead atoms. The van der Waals surface area contributed by atoms with Gasteiger partial charge in [0, 0.05) is 10.6 Å². The Kier molecular flexibility index (Phi) is 4.88. The zero-order valence-electron chi connectivity index (χ0n) is 12.6. The predicted octanol–water partition coefficient (Wildman–Crippen LogP) is 4.72. The van der Waals surface area contributed by atoms with E-state index in [4.69, 9.17) is 51.8 Å². The van der Waals surface area contributed by atoms with Crippen molar-refractivity contribution in [1.29, 1.82) is 0 Å². The summed E-state index contributed by atoms with van der Waals surface area (Å²) in [4.78, 5) is 28.3. The van der Waals surface area contributed by atoms with Crippen molar-refractivity contribution in [3.63, 3.8) is 0 Å². The summed E-state index contributed by atoms with van der Waals surface area (Å²) in [6.45, 7) is 0. The number of hydrogen-bond acceptors (Lipinski definition) is 4. The van der Waals surface area contributed by atoms with Gasteiger partial charge < -0.3 is 9.72 Å². The largest absolute Gasteiger partial charge is 0.495 e. The molecular weight excluding hydrogens is 407 g/mol. The zero-order chi connectivity index (χ0) is 18.3. The van der Waals surface area contributed by atoms with E-state index in [1.165, 1.54) is 37.4 Å². The average Bonchev–Trinajstić information content (AvgIpc) is 2.56. The molecule has 128 valence electrons. The number of ether oxygens (including phenoxy) is 1. The van der Waals surface area contributed by atoms with Crippen LogP contribution in [0.15, 0.2) is 35.1 Å². The number of halogens is 3. The van der Waals surface area contributed by atoms with Crippen molar-refractivity contribution in [2.24, 2.45) is 0 Å². The monoisotopic (exact) mass is 414 g/mol. The minimum atomic E-state index is -0.631. The highest BCUT2D eigenvalue weighted by Crippen LogP contribution is 2.26. The number of carbonyl (C=O) groups is 1. The maximum absolute atomic E-state index is 12.8. The smallest absolute Gasteiger partial charge is 0.269 e. The van der Waals surface area contributed by atoms with Crippen molar-refractivity contribution in [2.45, 2.75) is 0 Å². The molecule has 0 atom stereocenters. The molecule has 0 saturated carbocycles. The number of hydrogen-bond donors (Lipinski definition) is 1. The van der Waals surface area contributed by atoms with Gasteiger partial charge in [0.1, 0.15) is 5.75 Å². The summed E-state index contributed by atoms with van der Waals surface area (Å²) in [5, 5.41) is 0.895. The minimum Gasteiger partial charge on any atom is -0.495 e. The number of aromatic nitrogens is 2. The summed E-state index contributed by atoms with van der Waals surface area (Å²) in [7, 11) is 1.46. The first-order valence-electron chi connectivity index (χ1n) is 6.86. The van der Waals surface area contributed by atoms with Gasteiger partial charge >= 0.3 is 0 Å². The van der Waals surface area contributed by atoms with Gasteiger partial charge in [-0.15, -0.1) is 0 Å². The van der Waals surface area contributed by atoms with Crippen LogP contribution in [0.5, 0.6) is 5.75 Å². The van der Waals surface area contributed by atoms with E-state index in [-0.39, 0.29) is 30.8 Å². The maximum Gasteiger partial charge on any atom is 0.269 e. The molecule has 0 spiro atoms. The van der Waals surface area contributed by atoms with E-state index in [0.29, 0.717) is 11.3 Å². The van der Waals surface area contributed by atoms with Gasteiger partial charge in [0.05, 0.1) is 28.1 Å². The molecular formula is C16H9Cl3N2O3S. The second kappa shape index (κ2) is 6.80. The number of fused-ring (bicyclic) bond motifs is 1. The number of nitrogens with one attached hydrogen (secondary N) is 1. The van der Waals surface area contributed by atoms with E-state index in [1.807, 2.05) is 0 Å². The van der Waals surface area contributed by atoms with Crippen LogP contribution in [-0.2, 0) is 0 Å². The van der Waals surface area contributed by atoms with Crippen LogP contribution in [0.1, 0.15) is 10.4 Å². The van der Waals surface area contributed by atoms with Gasteiger partial charge in [-0.1, -0.05) is 34.8 Å². The normalized spacial score (nSPS) is 10.9. The number of carbonyl (C=O) groups excluding carboxylic acids is 1. The molecule has 0 fully saturated rings. The second-order valence-corrected chi connectivity index (χ2v) is 6.67. The Hall–Kier alpha value is -1.86. The molecule has 3 rings (SSSR count). The van der Waals surface area contributed by atoms with E-state index in [1.54, 1.807) is 0 Å². The van der Waals surface area contributed by atoms with E-state index in [9.17, 15) is 9.59 Å². The van der Waals surface area contributed by atoms with Gasteiger partial charge in [0.25, 0.3) is 11.5 Å². The van der Waals surface area contributed by atoms with Crippen LogP contribution >= 0.6 is 47.0 Å². The Morgan fingerprint density at radius 2 is 1.88 bits per heavy atom. The van der Waals surface area contributed by atoms with Crippen LogP contribution in [0, 0.1) is 4.77 Å². The lowest BCUT2D eigenvalue weighted by molar-refractivity contribution is 0.0953. The Morgan fingerprint density at radius 1 is 1.16 bits per heavy atom. The first-order chi connectivity index (χ1) is 11.8. The van der Waals surface area contributed by atoms with Crippen LogP contribution < -0.4 is 10.3 Å². The molecule has 1 N–H and O–H groups in total. The number of nitrogens with zero attached hydrogens (tertiary/aromatic N) is 1. The van der Waals surface area contributed by atoms with Gasteiger partial charge in [-0.2, -0.15) is 0 Å². The second-order valence-electron chi connectivity index (χ2n) is 5.04. The molecule has 5 nitrogen and oxygen atoms in total. The SMILES string of the molecule is COc1ccc(C(=O)n2c(=S)[nH]c3c(Cl)cc(Cl)cc3c2=O)cc1Cl. The van der Waals surface area contributed by atoms with Crippen molar-refractivity contribution in [3.8, 4) is 5.75 Å². The highest BCUT2D eigenvalue weighted by atomic mass is 35.5. The standard InChI is InChI=1S/C16H9Cl3N2O3S/c1-24-12-3-2-7(4-10(12)18)14(22)21-15(23)9-5-8(17)6-11(19)13(9)20-16(21)25/h2-6H,1H3,(H,20,25). The van der Waals surface area contributed by atoms with Gasteiger partial charge in [-0.25, -0.2) is 4.57 Å². The highest BCUT2D eigenvalue weighted by molar-refractivity contribution is 7.71. The van der Waals surface area contributed by atoms with Crippen molar-refractivity contribution >= 4 is 63.8 Å². The van der Waals surface area contributed by atoms with Crippen LogP contribution in [0.3, 0.4) is 0 Å². The lowest BCUT2D eigenvalue weighted by Gasteiger charge is -2.09. The summed E-state index contributed by atoms with van der Waals surface area (Å²) >= 11 is 23.2. The molecule has 1 heterocycles. The third-order valence-electron chi connectivity index (χ3n) is 3.53. The number of rotatable bonds is 2. The van der Waals surface area contributed by atoms with E-state index in [2.05, 4.69) is 4.98 Å². The van der Waals surface area contributed by atoms with Crippen LogP contribution in [0.2, 0.25) is 15.1 Å². The maximum atomic E-state index is 12.8. The lowest BCUT2D eigenvalue weighted by atomic mass is 10.2. The van der Waals surface area contributed by atoms with Crippen molar-refractivity contribution in [2.75, 3.05) is 7.11 Å². The summed E-state index contributed by atoms with van der Waals surface area (Å²) < 4.78 is 5.80. The molecule has 0 aliphatic heterocycles. The molecule has 9 heteroatoms. The fourth-order valence-electron chi connectivity index (χ4n) is 2.36. The molecule has 25 heavy (non-hydrogen) atoms. The Bertz CT molecular complexity index is 1140. The fraction of sp³-hybridized carbons (Fsp3) is 0.0625. The predicted molar refractivity (Wildman–Crippen MR) is 101 cm³/mol. The van der Waals surface area contributed by atoms with Crippen LogP contribution in [-0.4, -0.2) is 22.6 Å². The third-order valence-corrected chi connectivity index (χ3v) is 4.62. The Balaban J connectivity index is 2.25. The van der Waals surface area contributed by atoms with Crippen LogP contribution in [0.4, 0.5) is 0 Å². The molecule has 0 amide bonds. The van der Waals surface area contributed by atoms with Gasteiger partial charge in [0.15, 0.2) is 4.77 Å². The Morgan fingerprint density at radius 3 is 2.52 bits per heavy atom. The van der Waals surface area contributed by atoms with Crippen molar-refractivity contribution < 1.29 is 9.53 Å². The summed E-state index contributed by atoms with van der Waals surface area (Å²) in [6.07, 6.45) is 0. The van der Waals surface area contributed by atoms with Crippen molar-refractivity contribution in [1.82, 2.24) is 9.55 Å². The molecule has 1 aromatic heterocycles. The van der Waals surface area contributed by atoms with E-state index < -0.39 is 11.5 Å². The Labute approximate surface area is 161 Å². The molecule has 0 aliphatic rings. The quantitative estimate of drug-likeness (QED) is 0.615. The summed E-state index contributed by atoms with van der Waals surface area (Å²) in [6, 6.07) is 7.32. The summed E-state index contributed by atoms with van der Waals surface area (Å²) in [5.74, 6) is -0.221. The molecule has 0 aliphatic carbocycles. The van der Waals surface area contributed by atoms with Gasteiger partial charge in [-0.3, -0.25) is 9.59 Å². The third kappa shape index (κ3) is 3.18. The molecule has 2 aromatic carbocycles. The minimum absolute atomic E-state index is 0.0846. The number of methoxy groups -OCH3 is 1. The molecule has 3 aromatic rings. The zero-order valence-corrected chi connectivity index (χ0v) is 15.7. The van der Waals surface area contributed by atoms with Crippen LogP contribution in [0.25, 0.3) is 10.9 Å². The average molecular weight is 416 g/mol. The molecule has 0 saturated heterocycles. The first kappa shape index (κ1) is 17.9. The molecule has 0 radical (unpaired) electrons. The highest BCUT2D eigenvalue weighted by Gasteiger charge is 2.17. The van der Waals surface area contributed by atoms with Gasteiger partial charge in [-0.05, 0) is 42.5 Å². The van der Waals surface area contributed by atoms with E-state index in [0.717, 1.165) is 4.57 Å². The number of aromatic amines is 1. The summed E-state index contributed by atoms with van der Waals surface area (Å²) in [5.41, 5.74) is -0.127. The van der Waals surface area contributed by atoms with E-state index >= 15 is 0 Å².